The molecule has 4 N–H and O–H groups in total. The van der Waals surface area contributed by atoms with Crippen LogP contribution in [-0.2, 0) is 14.4 Å². The molecule has 0 unspecified atom stereocenters. The van der Waals surface area contributed by atoms with Gasteiger partial charge in [0.15, 0.2) is 0 Å². The maximum Gasteiger partial charge on any atom is 0.242 e. The third-order valence-corrected chi connectivity index (χ3v) is 6.08. The second kappa shape index (κ2) is 16.1. The monoisotopic (exact) mass is 453 g/mol. The largest absolute Gasteiger partial charge is 0.390 e. The van der Waals surface area contributed by atoms with Crippen molar-refractivity contribution in [3.8, 4) is 0 Å². The first-order valence-electron chi connectivity index (χ1n) is 12.7. The van der Waals surface area contributed by atoms with Crippen molar-refractivity contribution in [2.75, 3.05) is 6.54 Å². The quantitative estimate of drug-likeness (QED) is 0.525. The Labute approximate surface area is 194 Å². The fourth-order valence-corrected chi connectivity index (χ4v) is 4.17. The van der Waals surface area contributed by atoms with Crippen molar-refractivity contribution in [3.63, 3.8) is 0 Å². The van der Waals surface area contributed by atoms with Gasteiger partial charge >= 0.3 is 0 Å². The van der Waals surface area contributed by atoms with Crippen LogP contribution in [0.2, 0.25) is 0 Å². The summed E-state index contributed by atoms with van der Waals surface area (Å²) in [6.45, 7) is 8.45. The van der Waals surface area contributed by atoms with E-state index in [-0.39, 0.29) is 36.0 Å². The van der Waals surface area contributed by atoms with Gasteiger partial charge in [-0.1, -0.05) is 72.6 Å². The van der Waals surface area contributed by atoms with Crippen LogP contribution in [0.15, 0.2) is 0 Å². The number of aliphatic hydroxyl groups is 1. The van der Waals surface area contributed by atoms with Gasteiger partial charge in [0.2, 0.25) is 17.7 Å². The second-order valence-corrected chi connectivity index (χ2v) is 10.1. The molecule has 7 heteroatoms. The van der Waals surface area contributed by atoms with Crippen LogP contribution in [-0.4, -0.2) is 47.6 Å². The van der Waals surface area contributed by atoms with Gasteiger partial charge in [0, 0.05) is 13.0 Å². The van der Waals surface area contributed by atoms with Crippen LogP contribution < -0.4 is 16.0 Å². The van der Waals surface area contributed by atoms with Gasteiger partial charge in [0.05, 0.1) is 18.6 Å². The minimum absolute atomic E-state index is 0.0659. The maximum absolute atomic E-state index is 12.6. The molecule has 186 valence electrons. The predicted octanol–water partition coefficient (Wildman–Crippen LogP) is 3.44. The molecule has 1 fully saturated rings. The van der Waals surface area contributed by atoms with Crippen LogP contribution in [0.25, 0.3) is 0 Å². The molecule has 0 aliphatic carbocycles. The van der Waals surface area contributed by atoms with Gasteiger partial charge in [0.25, 0.3) is 0 Å². The molecule has 1 aliphatic heterocycles. The van der Waals surface area contributed by atoms with E-state index in [0.29, 0.717) is 19.4 Å². The fourth-order valence-electron chi connectivity index (χ4n) is 4.17. The summed E-state index contributed by atoms with van der Waals surface area (Å²) in [7, 11) is 0. The van der Waals surface area contributed by atoms with Crippen molar-refractivity contribution < 1.29 is 19.5 Å². The number of aliphatic hydroxyl groups excluding tert-OH is 1. The summed E-state index contributed by atoms with van der Waals surface area (Å²) in [5, 5.41) is 19.4. The molecule has 1 heterocycles. The van der Waals surface area contributed by atoms with Crippen molar-refractivity contribution in [3.05, 3.63) is 0 Å². The second-order valence-electron chi connectivity index (χ2n) is 10.1. The minimum atomic E-state index is -0.994. The number of amides is 3. The smallest absolute Gasteiger partial charge is 0.242 e. The number of hydrogen-bond donors (Lipinski definition) is 4. The summed E-state index contributed by atoms with van der Waals surface area (Å²) in [4.78, 5) is 37.6. The Balaban J connectivity index is 2.81. The van der Waals surface area contributed by atoms with E-state index in [1.54, 1.807) is 0 Å². The maximum atomic E-state index is 12.6. The van der Waals surface area contributed by atoms with Crippen molar-refractivity contribution >= 4 is 17.7 Å². The molecule has 1 saturated heterocycles. The van der Waals surface area contributed by atoms with E-state index < -0.39 is 18.2 Å². The van der Waals surface area contributed by atoms with Gasteiger partial charge < -0.3 is 21.1 Å². The zero-order chi connectivity index (χ0) is 23.9. The molecule has 0 aromatic carbocycles. The van der Waals surface area contributed by atoms with Crippen LogP contribution in [0.3, 0.4) is 0 Å². The highest BCUT2D eigenvalue weighted by atomic mass is 16.3. The SMILES string of the molecule is CC(C)C[C@@H]1NC(=O)CCCCCCCCCCCNC(=O)[C@H](C(C)C)NC(=O)C[C@@H]1O. The molecule has 0 aromatic heterocycles. The van der Waals surface area contributed by atoms with Crippen LogP contribution in [0.5, 0.6) is 0 Å². The molecule has 0 bridgehead atoms. The summed E-state index contributed by atoms with van der Waals surface area (Å²) in [6, 6.07) is -1.12. The highest BCUT2D eigenvalue weighted by Gasteiger charge is 2.28. The van der Waals surface area contributed by atoms with Crippen molar-refractivity contribution in [2.24, 2.45) is 11.8 Å². The zero-order valence-electron chi connectivity index (χ0n) is 20.8. The Hall–Kier alpha value is -1.63. The van der Waals surface area contributed by atoms with Crippen molar-refractivity contribution in [2.45, 2.75) is 123 Å². The number of carbonyl (C=O) groups excluding carboxylic acids is 3. The van der Waals surface area contributed by atoms with E-state index in [9.17, 15) is 19.5 Å². The van der Waals surface area contributed by atoms with Gasteiger partial charge in [-0.3, -0.25) is 14.4 Å². The van der Waals surface area contributed by atoms with E-state index >= 15 is 0 Å². The number of nitrogens with one attached hydrogen (secondary N) is 3. The average Bonchev–Trinajstić information content (AvgIpc) is 2.70. The Morgan fingerprint density at radius 3 is 1.94 bits per heavy atom. The van der Waals surface area contributed by atoms with Gasteiger partial charge in [0.1, 0.15) is 6.04 Å². The standard InChI is InChI=1S/C25H47N3O4/c1-18(2)16-20-21(29)17-23(31)28-24(19(3)4)25(32)26-15-13-11-9-7-5-6-8-10-12-14-22(30)27-20/h18-21,24,29H,5-17H2,1-4H3,(H,26,32)(H,27,30)(H,28,31)/t20-,21-,24-/m0/s1. The highest BCUT2D eigenvalue weighted by Crippen LogP contribution is 2.14. The minimum Gasteiger partial charge on any atom is -0.390 e. The van der Waals surface area contributed by atoms with Crippen LogP contribution >= 0.6 is 0 Å². The lowest BCUT2D eigenvalue weighted by atomic mass is 9.96. The summed E-state index contributed by atoms with van der Waals surface area (Å²) in [5.41, 5.74) is 0. The summed E-state index contributed by atoms with van der Waals surface area (Å²) in [5.74, 6) is -0.424. The Morgan fingerprint density at radius 2 is 1.38 bits per heavy atom. The van der Waals surface area contributed by atoms with E-state index in [1.807, 2.05) is 27.7 Å². The lowest BCUT2D eigenvalue weighted by molar-refractivity contribution is -0.131. The van der Waals surface area contributed by atoms with Gasteiger partial charge in [-0.25, -0.2) is 0 Å². The molecule has 0 spiro atoms. The molecule has 0 saturated carbocycles. The molecule has 0 aromatic rings. The molecule has 32 heavy (non-hydrogen) atoms. The third-order valence-electron chi connectivity index (χ3n) is 6.08. The molecule has 3 atom stereocenters. The lowest BCUT2D eigenvalue weighted by Crippen LogP contribution is -2.52. The molecule has 1 aliphatic rings. The molecular weight excluding hydrogens is 406 g/mol. The highest BCUT2D eigenvalue weighted by molar-refractivity contribution is 5.88. The zero-order valence-corrected chi connectivity index (χ0v) is 20.8. The predicted molar refractivity (Wildman–Crippen MR) is 128 cm³/mol. The molecular formula is C25H47N3O4. The first-order chi connectivity index (χ1) is 15.2. The first-order valence-corrected chi connectivity index (χ1v) is 12.7. The topological polar surface area (TPSA) is 108 Å². The van der Waals surface area contributed by atoms with Gasteiger partial charge in [-0.05, 0) is 31.1 Å². The summed E-state index contributed by atoms with van der Waals surface area (Å²) < 4.78 is 0. The first kappa shape index (κ1) is 28.4. The van der Waals surface area contributed by atoms with E-state index in [4.69, 9.17) is 0 Å². The molecule has 1 rings (SSSR count). The Bertz CT molecular complexity index is 565. The summed E-state index contributed by atoms with van der Waals surface area (Å²) in [6.07, 6.45) is 9.72. The molecule has 7 nitrogen and oxygen atoms in total. The van der Waals surface area contributed by atoms with E-state index in [1.165, 1.54) is 19.3 Å². The van der Waals surface area contributed by atoms with E-state index in [2.05, 4.69) is 16.0 Å². The normalized spacial score (nSPS) is 26.7. The van der Waals surface area contributed by atoms with Crippen molar-refractivity contribution in [1.82, 2.24) is 16.0 Å². The van der Waals surface area contributed by atoms with Crippen LogP contribution in [0, 0.1) is 11.8 Å². The van der Waals surface area contributed by atoms with Crippen LogP contribution in [0.1, 0.15) is 105 Å². The van der Waals surface area contributed by atoms with E-state index in [0.717, 1.165) is 38.5 Å². The average molecular weight is 454 g/mol. The Kier molecular flexibility index (Phi) is 14.3. The number of carbonyl (C=O) groups is 3. The third kappa shape index (κ3) is 12.4. The fraction of sp³-hybridized carbons (Fsp3) is 0.880. The number of hydrogen-bond acceptors (Lipinski definition) is 4. The van der Waals surface area contributed by atoms with Gasteiger partial charge in [-0.2, -0.15) is 0 Å². The van der Waals surface area contributed by atoms with Crippen molar-refractivity contribution in [1.29, 1.82) is 0 Å². The Morgan fingerprint density at radius 1 is 0.812 bits per heavy atom. The van der Waals surface area contributed by atoms with Crippen LogP contribution in [0.4, 0.5) is 0 Å². The number of rotatable bonds is 3. The lowest BCUT2D eigenvalue weighted by Gasteiger charge is -2.27. The summed E-state index contributed by atoms with van der Waals surface area (Å²) >= 11 is 0. The molecule has 3 amide bonds. The molecule has 0 radical (unpaired) electrons. The van der Waals surface area contributed by atoms with Gasteiger partial charge in [-0.15, -0.1) is 0 Å².